The van der Waals surface area contributed by atoms with Crippen LogP contribution in [0.3, 0.4) is 0 Å². The SMILES string of the molecule is COCCCNC(=O)CNS(=O)(=O)Cc1ccc(F)cc1. The van der Waals surface area contributed by atoms with Gasteiger partial charge in [0.15, 0.2) is 0 Å². The molecule has 0 aliphatic rings. The quantitative estimate of drug-likeness (QED) is 0.646. The number of sulfonamides is 1. The monoisotopic (exact) mass is 318 g/mol. The van der Waals surface area contributed by atoms with Crippen molar-refractivity contribution < 1.29 is 22.3 Å². The standard InChI is InChI=1S/C13H19FN2O4S/c1-20-8-2-7-15-13(17)9-16-21(18,19)10-11-3-5-12(14)6-4-11/h3-6,16H,2,7-10H2,1H3,(H,15,17). The van der Waals surface area contributed by atoms with Crippen molar-refractivity contribution in [1.82, 2.24) is 10.0 Å². The van der Waals surface area contributed by atoms with Crippen molar-refractivity contribution in [3.8, 4) is 0 Å². The Morgan fingerprint density at radius 3 is 2.57 bits per heavy atom. The Morgan fingerprint density at radius 1 is 1.29 bits per heavy atom. The van der Waals surface area contributed by atoms with Gasteiger partial charge in [0.2, 0.25) is 15.9 Å². The lowest BCUT2D eigenvalue weighted by Crippen LogP contribution is -2.37. The summed E-state index contributed by atoms with van der Waals surface area (Å²) in [5.41, 5.74) is 0.449. The number of amides is 1. The highest BCUT2D eigenvalue weighted by Crippen LogP contribution is 2.06. The predicted octanol–water partition coefficient (Wildman–Crippen LogP) is 0.398. The summed E-state index contributed by atoms with van der Waals surface area (Å²) in [6.07, 6.45) is 0.657. The number of nitrogens with one attached hydrogen (secondary N) is 2. The van der Waals surface area contributed by atoms with E-state index in [1.165, 1.54) is 24.3 Å². The van der Waals surface area contributed by atoms with Gasteiger partial charge in [-0.25, -0.2) is 17.5 Å². The van der Waals surface area contributed by atoms with Crippen molar-refractivity contribution in [2.75, 3.05) is 26.8 Å². The van der Waals surface area contributed by atoms with E-state index in [0.29, 0.717) is 25.1 Å². The third-order valence-corrected chi connectivity index (χ3v) is 3.87. The second-order valence-electron chi connectivity index (χ2n) is 4.40. The van der Waals surface area contributed by atoms with Crippen molar-refractivity contribution in [3.05, 3.63) is 35.6 Å². The molecule has 0 spiro atoms. The summed E-state index contributed by atoms with van der Waals surface area (Å²) in [4.78, 5) is 11.4. The third kappa shape index (κ3) is 7.74. The van der Waals surface area contributed by atoms with Crippen LogP contribution < -0.4 is 10.0 Å². The van der Waals surface area contributed by atoms with E-state index < -0.39 is 21.7 Å². The van der Waals surface area contributed by atoms with E-state index in [4.69, 9.17) is 4.74 Å². The van der Waals surface area contributed by atoms with Crippen LogP contribution >= 0.6 is 0 Å². The first kappa shape index (κ1) is 17.5. The number of hydrogen-bond donors (Lipinski definition) is 2. The molecule has 1 rings (SSSR count). The van der Waals surface area contributed by atoms with E-state index >= 15 is 0 Å². The lowest BCUT2D eigenvalue weighted by molar-refractivity contribution is -0.120. The summed E-state index contributed by atoms with van der Waals surface area (Å²) in [5, 5.41) is 2.57. The molecule has 0 unspecified atom stereocenters. The van der Waals surface area contributed by atoms with Gasteiger partial charge >= 0.3 is 0 Å². The number of hydrogen-bond acceptors (Lipinski definition) is 4. The molecule has 21 heavy (non-hydrogen) atoms. The van der Waals surface area contributed by atoms with Crippen molar-refractivity contribution in [2.45, 2.75) is 12.2 Å². The van der Waals surface area contributed by atoms with Crippen LogP contribution in [0.4, 0.5) is 4.39 Å². The van der Waals surface area contributed by atoms with Gasteiger partial charge in [0.25, 0.3) is 0 Å². The number of benzene rings is 1. The fourth-order valence-electron chi connectivity index (χ4n) is 1.53. The van der Waals surface area contributed by atoms with E-state index in [9.17, 15) is 17.6 Å². The minimum atomic E-state index is -3.64. The molecule has 0 atom stereocenters. The number of carbonyl (C=O) groups excluding carboxylic acids is 1. The van der Waals surface area contributed by atoms with Crippen LogP contribution in [0.1, 0.15) is 12.0 Å². The molecule has 0 aliphatic heterocycles. The predicted molar refractivity (Wildman–Crippen MR) is 76.5 cm³/mol. The molecule has 118 valence electrons. The van der Waals surface area contributed by atoms with Gasteiger partial charge in [-0.2, -0.15) is 0 Å². The van der Waals surface area contributed by atoms with Crippen LogP contribution in [0.15, 0.2) is 24.3 Å². The van der Waals surface area contributed by atoms with E-state index in [-0.39, 0.29) is 12.3 Å². The highest BCUT2D eigenvalue weighted by Gasteiger charge is 2.13. The average molecular weight is 318 g/mol. The molecule has 0 radical (unpaired) electrons. The highest BCUT2D eigenvalue weighted by molar-refractivity contribution is 7.88. The van der Waals surface area contributed by atoms with Crippen LogP contribution in [0.5, 0.6) is 0 Å². The first-order valence-electron chi connectivity index (χ1n) is 6.40. The summed E-state index contributed by atoms with van der Waals surface area (Å²) in [5.74, 6) is -1.14. The zero-order valence-corrected chi connectivity index (χ0v) is 12.6. The Labute approximate surface area is 123 Å². The molecule has 2 N–H and O–H groups in total. The molecule has 6 nitrogen and oxygen atoms in total. The van der Waals surface area contributed by atoms with Gasteiger partial charge in [-0.1, -0.05) is 12.1 Å². The maximum atomic E-state index is 12.7. The summed E-state index contributed by atoms with van der Waals surface area (Å²) in [6, 6.07) is 5.15. The second-order valence-corrected chi connectivity index (χ2v) is 6.21. The van der Waals surface area contributed by atoms with Crippen LogP contribution in [-0.4, -0.2) is 41.1 Å². The maximum Gasteiger partial charge on any atom is 0.235 e. The lowest BCUT2D eigenvalue weighted by Gasteiger charge is -2.08. The number of ether oxygens (including phenoxy) is 1. The van der Waals surface area contributed by atoms with Crippen LogP contribution in [0.25, 0.3) is 0 Å². The second kappa shape index (κ2) is 8.71. The zero-order chi connectivity index (χ0) is 15.7. The first-order chi connectivity index (χ1) is 9.93. The topological polar surface area (TPSA) is 84.5 Å². The zero-order valence-electron chi connectivity index (χ0n) is 11.8. The Hall–Kier alpha value is -1.51. The molecule has 0 bridgehead atoms. The number of rotatable bonds is 9. The van der Waals surface area contributed by atoms with Gasteiger partial charge in [-0.15, -0.1) is 0 Å². The minimum Gasteiger partial charge on any atom is -0.385 e. The van der Waals surface area contributed by atoms with Gasteiger partial charge in [0, 0.05) is 20.3 Å². The molecular weight excluding hydrogens is 299 g/mol. The van der Waals surface area contributed by atoms with Gasteiger partial charge in [-0.05, 0) is 24.1 Å². The van der Waals surface area contributed by atoms with Crippen LogP contribution in [0.2, 0.25) is 0 Å². The minimum absolute atomic E-state index is 0.301. The van der Waals surface area contributed by atoms with Gasteiger partial charge < -0.3 is 10.1 Å². The van der Waals surface area contributed by atoms with Gasteiger partial charge in [0.05, 0.1) is 12.3 Å². The van der Waals surface area contributed by atoms with Crippen molar-refractivity contribution in [1.29, 1.82) is 0 Å². The summed E-state index contributed by atoms with van der Waals surface area (Å²) in [7, 11) is -2.07. The van der Waals surface area contributed by atoms with Crippen LogP contribution in [-0.2, 0) is 25.3 Å². The smallest absolute Gasteiger partial charge is 0.235 e. The molecular formula is C13H19FN2O4S. The molecule has 1 aromatic carbocycles. The molecule has 0 saturated heterocycles. The van der Waals surface area contributed by atoms with Gasteiger partial charge in [0.1, 0.15) is 5.82 Å². The molecule has 0 aromatic heterocycles. The normalized spacial score (nSPS) is 11.3. The number of methoxy groups -OCH3 is 1. The summed E-state index contributed by atoms with van der Waals surface area (Å²) < 4.78 is 43.3. The first-order valence-corrected chi connectivity index (χ1v) is 8.05. The molecule has 1 aromatic rings. The molecule has 0 fully saturated rings. The summed E-state index contributed by atoms with van der Waals surface area (Å²) >= 11 is 0. The Bertz CT molecular complexity index is 546. The van der Waals surface area contributed by atoms with Crippen molar-refractivity contribution in [2.24, 2.45) is 0 Å². The number of halogens is 1. The fraction of sp³-hybridized carbons (Fsp3) is 0.462. The van der Waals surface area contributed by atoms with Crippen molar-refractivity contribution in [3.63, 3.8) is 0 Å². The highest BCUT2D eigenvalue weighted by atomic mass is 32.2. The lowest BCUT2D eigenvalue weighted by atomic mass is 10.2. The largest absolute Gasteiger partial charge is 0.385 e. The Balaban J connectivity index is 2.35. The third-order valence-electron chi connectivity index (χ3n) is 2.57. The van der Waals surface area contributed by atoms with Gasteiger partial charge in [-0.3, -0.25) is 4.79 Å². The maximum absolute atomic E-state index is 12.7. The van der Waals surface area contributed by atoms with E-state index in [0.717, 1.165) is 0 Å². The van der Waals surface area contributed by atoms with E-state index in [2.05, 4.69) is 10.0 Å². The summed E-state index contributed by atoms with van der Waals surface area (Å²) in [6.45, 7) is 0.624. The fourth-order valence-corrected chi connectivity index (χ4v) is 2.62. The van der Waals surface area contributed by atoms with Crippen molar-refractivity contribution >= 4 is 15.9 Å². The van der Waals surface area contributed by atoms with Crippen LogP contribution in [0, 0.1) is 5.82 Å². The Morgan fingerprint density at radius 2 is 1.95 bits per heavy atom. The van der Waals surface area contributed by atoms with E-state index in [1.54, 1.807) is 7.11 Å². The Kier molecular flexibility index (Phi) is 7.27. The number of carbonyl (C=O) groups is 1. The molecule has 0 heterocycles. The molecule has 8 heteroatoms. The van der Waals surface area contributed by atoms with E-state index in [1.807, 2.05) is 0 Å². The molecule has 0 saturated carbocycles. The molecule has 1 amide bonds. The average Bonchev–Trinajstić information content (AvgIpc) is 2.44. The molecule has 0 aliphatic carbocycles.